The molecule has 0 saturated heterocycles. The summed E-state index contributed by atoms with van der Waals surface area (Å²) in [4.78, 5) is 37.9. The van der Waals surface area contributed by atoms with Crippen molar-refractivity contribution in [3.05, 3.63) is 53.0 Å². The van der Waals surface area contributed by atoms with E-state index in [0.717, 1.165) is 29.2 Å². The number of fused-ring (bicyclic) bond motifs is 1. The normalized spacial score (nSPS) is 16.1. The van der Waals surface area contributed by atoms with E-state index >= 15 is 0 Å². The van der Waals surface area contributed by atoms with Gasteiger partial charge in [-0.3, -0.25) is 14.5 Å². The van der Waals surface area contributed by atoms with E-state index in [0.29, 0.717) is 37.5 Å². The molecular weight excluding hydrogens is 352 g/mol. The lowest BCUT2D eigenvalue weighted by Gasteiger charge is -2.29. The van der Waals surface area contributed by atoms with Gasteiger partial charge in [0.05, 0.1) is 13.0 Å². The predicted octanol–water partition coefficient (Wildman–Crippen LogP) is 2.68. The number of carbonyl (C=O) groups is 2. The molecule has 0 bridgehead atoms. The maximum absolute atomic E-state index is 12.6. The van der Waals surface area contributed by atoms with Gasteiger partial charge in [-0.25, -0.2) is 9.97 Å². The van der Waals surface area contributed by atoms with Crippen LogP contribution in [0.2, 0.25) is 0 Å². The summed E-state index contributed by atoms with van der Waals surface area (Å²) in [6.45, 7) is 3.07. The second kappa shape index (κ2) is 7.70. The maximum atomic E-state index is 12.6. The Bertz CT molecular complexity index is 893. The van der Waals surface area contributed by atoms with Crippen LogP contribution in [0, 0.1) is 12.8 Å². The number of hydrogen-bond acceptors (Lipinski definition) is 4. The summed E-state index contributed by atoms with van der Waals surface area (Å²) in [7, 11) is 1.77. The van der Waals surface area contributed by atoms with Gasteiger partial charge in [-0.05, 0) is 37.7 Å². The van der Waals surface area contributed by atoms with Crippen molar-refractivity contribution in [2.24, 2.45) is 5.92 Å². The topological polar surface area (TPSA) is 66.4 Å². The standard InChI is InChI=1S/C22H26N4O2/c1-15-18-10-11-20(27)26(13-17-8-9-17)22(18)24-19(23-15)14-25(2)21(28)12-16-6-4-3-5-7-16/h3-7,17H,8-14H2,1-2H3. The Balaban J connectivity index is 1.52. The number of aryl methyl sites for hydroxylation is 1. The summed E-state index contributed by atoms with van der Waals surface area (Å²) in [5.41, 5.74) is 2.97. The van der Waals surface area contributed by atoms with Crippen LogP contribution >= 0.6 is 0 Å². The second-order valence-corrected chi connectivity index (χ2v) is 7.89. The van der Waals surface area contributed by atoms with Crippen LogP contribution in [0.15, 0.2) is 30.3 Å². The lowest BCUT2D eigenvalue weighted by atomic mass is 10.0. The molecule has 2 aromatic rings. The van der Waals surface area contributed by atoms with Gasteiger partial charge in [0.1, 0.15) is 11.6 Å². The molecule has 4 rings (SSSR count). The lowest BCUT2D eigenvalue weighted by Crippen LogP contribution is -2.38. The van der Waals surface area contributed by atoms with Crippen LogP contribution in [-0.2, 0) is 29.0 Å². The molecule has 0 unspecified atom stereocenters. The van der Waals surface area contributed by atoms with Crippen molar-refractivity contribution in [2.75, 3.05) is 18.5 Å². The van der Waals surface area contributed by atoms with Crippen LogP contribution in [-0.4, -0.2) is 40.3 Å². The number of nitrogens with zero attached hydrogens (tertiary/aromatic N) is 4. The zero-order chi connectivity index (χ0) is 19.7. The number of anilines is 1. The molecule has 1 aromatic carbocycles. The fourth-order valence-corrected chi connectivity index (χ4v) is 3.66. The molecule has 2 amide bonds. The maximum Gasteiger partial charge on any atom is 0.228 e. The first-order valence-electron chi connectivity index (χ1n) is 9.96. The number of likely N-dealkylation sites (N-methyl/N-ethyl adjacent to an activating group) is 1. The lowest BCUT2D eigenvalue weighted by molar-refractivity contribution is -0.129. The molecule has 1 fully saturated rings. The fourth-order valence-electron chi connectivity index (χ4n) is 3.66. The molecule has 28 heavy (non-hydrogen) atoms. The molecule has 2 heterocycles. The van der Waals surface area contributed by atoms with Crippen molar-refractivity contribution in [2.45, 2.75) is 45.6 Å². The Labute approximate surface area is 165 Å². The van der Waals surface area contributed by atoms with Crippen molar-refractivity contribution < 1.29 is 9.59 Å². The molecule has 0 spiro atoms. The van der Waals surface area contributed by atoms with E-state index in [1.54, 1.807) is 11.9 Å². The molecule has 1 aromatic heterocycles. The van der Waals surface area contributed by atoms with Gasteiger partial charge < -0.3 is 4.90 Å². The van der Waals surface area contributed by atoms with E-state index in [-0.39, 0.29) is 11.8 Å². The van der Waals surface area contributed by atoms with Crippen molar-refractivity contribution in [1.29, 1.82) is 0 Å². The Morgan fingerprint density at radius 1 is 1.18 bits per heavy atom. The van der Waals surface area contributed by atoms with Crippen LogP contribution < -0.4 is 4.90 Å². The van der Waals surface area contributed by atoms with Gasteiger partial charge in [0.15, 0.2) is 0 Å². The second-order valence-electron chi connectivity index (χ2n) is 7.89. The summed E-state index contributed by atoms with van der Waals surface area (Å²) in [6, 6.07) is 9.71. The van der Waals surface area contributed by atoms with Gasteiger partial charge in [0.25, 0.3) is 0 Å². The first-order valence-corrected chi connectivity index (χ1v) is 9.96. The Morgan fingerprint density at radius 3 is 2.64 bits per heavy atom. The van der Waals surface area contributed by atoms with E-state index in [9.17, 15) is 9.59 Å². The molecule has 1 aliphatic carbocycles. The Hall–Kier alpha value is -2.76. The minimum Gasteiger partial charge on any atom is -0.338 e. The van der Waals surface area contributed by atoms with Crippen LogP contribution in [0.4, 0.5) is 5.82 Å². The first-order chi connectivity index (χ1) is 13.5. The first kappa shape index (κ1) is 18.6. The average Bonchev–Trinajstić information content (AvgIpc) is 3.49. The SMILES string of the molecule is Cc1nc(CN(C)C(=O)Cc2ccccc2)nc2c1CCC(=O)N2CC1CC1. The fraction of sp³-hybridized carbons (Fsp3) is 0.455. The van der Waals surface area contributed by atoms with Crippen LogP contribution in [0.1, 0.15) is 41.9 Å². The van der Waals surface area contributed by atoms with Crippen molar-refractivity contribution in [3.63, 3.8) is 0 Å². The van der Waals surface area contributed by atoms with Gasteiger partial charge >= 0.3 is 0 Å². The Kier molecular flexibility index (Phi) is 5.11. The molecular formula is C22H26N4O2. The van der Waals surface area contributed by atoms with Crippen molar-refractivity contribution in [1.82, 2.24) is 14.9 Å². The van der Waals surface area contributed by atoms with Gasteiger partial charge in [-0.15, -0.1) is 0 Å². The molecule has 0 radical (unpaired) electrons. The predicted molar refractivity (Wildman–Crippen MR) is 107 cm³/mol. The van der Waals surface area contributed by atoms with E-state index in [2.05, 4.69) is 4.98 Å². The quantitative estimate of drug-likeness (QED) is 0.775. The van der Waals surface area contributed by atoms with Gasteiger partial charge in [0, 0.05) is 31.3 Å². The number of carbonyl (C=O) groups excluding carboxylic acids is 2. The van der Waals surface area contributed by atoms with Crippen LogP contribution in [0.25, 0.3) is 0 Å². The van der Waals surface area contributed by atoms with Gasteiger partial charge in [-0.2, -0.15) is 0 Å². The summed E-state index contributed by atoms with van der Waals surface area (Å²) < 4.78 is 0. The largest absolute Gasteiger partial charge is 0.338 e. The van der Waals surface area contributed by atoms with Gasteiger partial charge in [0.2, 0.25) is 11.8 Å². The van der Waals surface area contributed by atoms with E-state index in [1.807, 2.05) is 42.2 Å². The highest BCUT2D eigenvalue weighted by molar-refractivity contribution is 5.95. The molecule has 1 aliphatic heterocycles. The zero-order valence-corrected chi connectivity index (χ0v) is 16.5. The van der Waals surface area contributed by atoms with E-state index < -0.39 is 0 Å². The van der Waals surface area contributed by atoms with Crippen molar-refractivity contribution in [3.8, 4) is 0 Å². The average molecular weight is 378 g/mol. The van der Waals surface area contributed by atoms with Crippen LogP contribution in [0.5, 0.6) is 0 Å². The zero-order valence-electron chi connectivity index (χ0n) is 16.5. The molecule has 0 atom stereocenters. The van der Waals surface area contributed by atoms with Crippen molar-refractivity contribution >= 4 is 17.6 Å². The van der Waals surface area contributed by atoms with Crippen LogP contribution in [0.3, 0.4) is 0 Å². The molecule has 146 valence electrons. The minimum atomic E-state index is 0.0242. The number of hydrogen-bond donors (Lipinski definition) is 0. The molecule has 2 aliphatic rings. The van der Waals surface area contributed by atoms with E-state index in [1.165, 1.54) is 12.8 Å². The molecule has 6 heteroatoms. The smallest absolute Gasteiger partial charge is 0.228 e. The monoisotopic (exact) mass is 378 g/mol. The minimum absolute atomic E-state index is 0.0242. The highest BCUT2D eigenvalue weighted by Crippen LogP contribution is 2.35. The number of aromatic nitrogens is 2. The number of rotatable bonds is 6. The Morgan fingerprint density at radius 2 is 1.93 bits per heavy atom. The summed E-state index contributed by atoms with van der Waals surface area (Å²) in [5, 5.41) is 0. The highest BCUT2D eigenvalue weighted by atomic mass is 16.2. The third-order valence-electron chi connectivity index (χ3n) is 5.52. The number of amides is 2. The summed E-state index contributed by atoms with van der Waals surface area (Å²) in [6.07, 6.45) is 3.95. The molecule has 0 N–H and O–H groups in total. The third-order valence-corrected chi connectivity index (χ3v) is 5.52. The summed E-state index contributed by atoms with van der Waals surface area (Å²) >= 11 is 0. The third kappa shape index (κ3) is 4.06. The molecule has 1 saturated carbocycles. The van der Waals surface area contributed by atoms with E-state index in [4.69, 9.17) is 4.98 Å². The highest BCUT2D eigenvalue weighted by Gasteiger charge is 2.33. The number of benzene rings is 1. The molecule has 6 nitrogen and oxygen atoms in total. The summed E-state index contributed by atoms with van der Waals surface area (Å²) in [5.74, 6) is 2.13. The van der Waals surface area contributed by atoms with Gasteiger partial charge in [-0.1, -0.05) is 30.3 Å².